The van der Waals surface area contributed by atoms with Gasteiger partial charge in [0.15, 0.2) is 0 Å². The lowest BCUT2D eigenvalue weighted by Crippen LogP contribution is -2.33. The second-order valence-corrected chi connectivity index (χ2v) is 8.02. The first-order valence-electron chi connectivity index (χ1n) is 10.7. The van der Waals surface area contributed by atoms with Crippen LogP contribution in [-0.2, 0) is 22.2 Å². The van der Waals surface area contributed by atoms with E-state index >= 15 is 0 Å². The Morgan fingerprint density at radius 2 is 2.09 bits per heavy atom. The van der Waals surface area contributed by atoms with Crippen LogP contribution in [0.25, 0.3) is 0 Å². The summed E-state index contributed by atoms with van der Waals surface area (Å²) in [5, 5.41) is 8.33. The van der Waals surface area contributed by atoms with Crippen molar-refractivity contribution in [2.45, 2.75) is 39.3 Å². The third-order valence-electron chi connectivity index (χ3n) is 5.45. The number of carbonyl (C=O) groups is 2. The van der Waals surface area contributed by atoms with E-state index in [4.69, 9.17) is 0 Å². The summed E-state index contributed by atoms with van der Waals surface area (Å²) in [4.78, 5) is 33.0. The topological polar surface area (TPSA) is 99.3 Å². The summed E-state index contributed by atoms with van der Waals surface area (Å²) >= 11 is 0. The van der Waals surface area contributed by atoms with Crippen LogP contribution in [0.2, 0.25) is 0 Å². The molecule has 0 saturated heterocycles. The van der Waals surface area contributed by atoms with Crippen molar-refractivity contribution in [2.24, 2.45) is 5.92 Å². The molecule has 11 heteroatoms. The first-order valence-corrected chi connectivity index (χ1v) is 10.7. The lowest BCUT2D eigenvalue weighted by molar-refractivity contribution is -0.137. The molecule has 2 heterocycles. The zero-order chi connectivity index (χ0) is 24.2. The lowest BCUT2D eigenvalue weighted by atomic mass is 10.1. The Hall–Kier alpha value is -3.37. The molecule has 1 aliphatic heterocycles. The summed E-state index contributed by atoms with van der Waals surface area (Å²) in [6.45, 7) is 4.38. The molecule has 2 aromatic rings. The average molecular weight is 464 g/mol. The van der Waals surface area contributed by atoms with Gasteiger partial charge in [0, 0.05) is 43.6 Å². The number of nitrogens with zero attached hydrogens (tertiary/aromatic N) is 3. The van der Waals surface area contributed by atoms with Gasteiger partial charge in [-0.15, -0.1) is 0 Å². The van der Waals surface area contributed by atoms with Gasteiger partial charge >= 0.3 is 6.18 Å². The average Bonchev–Trinajstić information content (AvgIpc) is 3.14. The van der Waals surface area contributed by atoms with E-state index < -0.39 is 11.7 Å². The molecule has 1 aromatic heterocycles. The second-order valence-electron chi connectivity index (χ2n) is 8.02. The van der Waals surface area contributed by atoms with Crippen LogP contribution in [0.5, 0.6) is 0 Å². The molecule has 8 nitrogen and oxygen atoms in total. The van der Waals surface area contributed by atoms with Crippen molar-refractivity contribution in [1.82, 2.24) is 14.9 Å². The van der Waals surface area contributed by atoms with E-state index in [0.29, 0.717) is 24.3 Å². The summed E-state index contributed by atoms with van der Waals surface area (Å²) in [7, 11) is 1.68. The number of amides is 2. The van der Waals surface area contributed by atoms with Crippen LogP contribution >= 0.6 is 0 Å². The highest BCUT2D eigenvalue weighted by molar-refractivity contribution is 5.99. The van der Waals surface area contributed by atoms with E-state index in [0.717, 1.165) is 18.2 Å². The van der Waals surface area contributed by atoms with Gasteiger partial charge in [-0.25, -0.2) is 4.98 Å². The van der Waals surface area contributed by atoms with Crippen LogP contribution in [0.15, 0.2) is 24.4 Å². The van der Waals surface area contributed by atoms with E-state index in [-0.39, 0.29) is 42.5 Å². The number of anilines is 4. The van der Waals surface area contributed by atoms with Crippen molar-refractivity contribution >= 4 is 35.0 Å². The molecule has 1 atom stereocenters. The molecule has 1 aromatic carbocycles. The SMILES string of the molecule is CCC(C)C(=O)N(C)CCCNc1nc(Nc2ccc3c(c2)CC(=O)N3)ncc1C(F)(F)F. The van der Waals surface area contributed by atoms with Crippen molar-refractivity contribution in [1.29, 1.82) is 0 Å². The van der Waals surface area contributed by atoms with Gasteiger partial charge in [0.1, 0.15) is 11.4 Å². The molecule has 3 N–H and O–H groups in total. The highest BCUT2D eigenvalue weighted by atomic mass is 19.4. The number of hydrogen-bond acceptors (Lipinski definition) is 6. The fourth-order valence-electron chi connectivity index (χ4n) is 3.40. The Morgan fingerprint density at radius 1 is 1.33 bits per heavy atom. The molecule has 1 unspecified atom stereocenters. The first kappa shape index (κ1) is 24.3. The molecule has 0 bridgehead atoms. The summed E-state index contributed by atoms with van der Waals surface area (Å²) in [5.41, 5.74) is 1.08. The Balaban J connectivity index is 1.67. The lowest BCUT2D eigenvalue weighted by Gasteiger charge is -2.21. The Labute approximate surface area is 190 Å². The standard InChI is InChI=1S/C22H27F3N6O2/c1-4-13(2)20(33)31(3)9-5-8-26-19-16(22(23,24)25)12-27-21(30-19)28-15-6-7-17-14(10-15)11-18(32)29-17/h6-7,10,12-13H,4-5,8-9,11H2,1-3H3,(H,29,32)(H2,26,27,28,30). The Bertz CT molecular complexity index is 1030. The molecule has 0 radical (unpaired) electrons. The second kappa shape index (κ2) is 10.1. The van der Waals surface area contributed by atoms with Crippen molar-refractivity contribution in [3.63, 3.8) is 0 Å². The minimum Gasteiger partial charge on any atom is -0.369 e. The van der Waals surface area contributed by atoms with Gasteiger partial charge in [0.25, 0.3) is 0 Å². The zero-order valence-corrected chi connectivity index (χ0v) is 18.7. The van der Waals surface area contributed by atoms with Gasteiger partial charge in [0.2, 0.25) is 17.8 Å². The first-order chi connectivity index (χ1) is 15.6. The molecule has 3 rings (SSSR count). The van der Waals surface area contributed by atoms with Crippen LogP contribution in [0.4, 0.5) is 36.3 Å². The molecule has 178 valence electrons. The number of aromatic nitrogens is 2. The predicted octanol–water partition coefficient (Wildman–Crippen LogP) is 4.04. The number of rotatable bonds is 9. The molecule has 33 heavy (non-hydrogen) atoms. The van der Waals surface area contributed by atoms with E-state index in [1.54, 1.807) is 30.1 Å². The van der Waals surface area contributed by atoms with Gasteiger partial charge in [-0.3, -0.25) is 9.59 Å². The minimum atomic E-state index is -4.62. The molecule has 0 spiro atoms. The summed E-state index contributed by atoms with van der Waals surface area (Å²) < 4.78 is 40.3. The summed E-state index contributed by atoms with van der Waals surface area (Å²) in [6, 6.07) is 5.12. The zero-order valence-electron chi connectivity index (χ0n) is 18.7. The van der Waals surface area contributed by atoms with Gasteiger partial charge in [-0.2, -0.15) is 18.2 Å². The van der Waals surface area contributed by atoms with Crippen LogP contribution in [0.3, 0.4) is 0 Å². The van der Waals surface area contributed by atoms with Crippen molar-refractivity contribution in [3.05, 3.63) is 35.5 Å². The molecule has 1 aliphatic rings. The molecular weight excluding hydrogens is 437 g/mol. The smallest absolute Gasteiger partial charge is 0.369 e. The van der Waals surface area contributed by atoms with Crippen LogP contribution in [-0.4, -0.2) is 46.8 Å². The number of benzene rings is 1. The minimum absolute atomic E-state index is 0.00759. The van der Waals surface area contributed by atoms with Gasteiger partial charge < -0.3 is 20.9 Å². The van der Waals surface area contributed by atoms with E-state index in [2.05, 4.69) is 25.9 Å². The molecule has 0 aliphatic carbocycles. The number of carbonyl (C=O) groups excluding carboxylic acids is 2. The fourth-order valence-corrected chi connectivity index (χ4v) is 3.40. The van der Waals surface area contributed by atoms with Gasteiger partial charge in [0.05, 0.1) is 6.42 Å². The fraction of sp³-hybridized carbons (Fsp3) is 0.455. The van der Waals surface area contributed by atoms with Crippen molar-refractivity contribution in [3.8, 4) is 0 Å². The quantitative estimate of drug-likeness (QED) is 0.485. The number of fused-ring (bicyclic) bond motifs is 1. The molecular formula is C22H27F3N6O2. The summed E-state index contributed by atoms with van der Waals surface area (Å²) in [6.07, 6.45) is -2.48. The third-order valence-corrected chi connectivity index (χ3v) is 5.45. The highest BCUT2D eigenvalue weighted by Gasteiger charge is 2.35. The number of halogens is 3. The Morgan fingerprint density at radius 3 is 2.79 bits per heavy atom. The van der Waals surface area contributed by atoms with Crippen LogP contribution in [0, 0.1) is 5.92 Å². The number of alkyl halides is 3. The van der Waals surface area contributed by atoms with Gasteiger partial charge in [-0.05, 0) is 36.6 Å². The van der Waals surface area contributed by atoms with Crippen LogP contribution in [0.1, 0.15) is 37.8 Å². The van der Waals surface area contributed by atoms with Crippen molar-refractivity contribution < 1.29 is 22.8 Å². The monoisotopic (exact) mass is 464 g/mol. The maximum atomic E-state index is 13.4. The highest BCUT2D eigenvalue weighted by Crippen LogP contribution is 2.34. The molecule has 0 fully saturated rings. The maximum Gasteiger partial charge on any atom is 0.421 e. The largest absolute Gasteiger partial charge is 0.421 e. The van der Waals surface area contributed by atoms with Crippen molar-refractivity contribution in [2.75, 3.05) is 36.1 Å². The van der Waals surface area contributed by atoms with Crippen LogP contribution < -0.4 is 16.0 Å². The van der Waals surface area contributed by atoms with E-state index in [1.807, 2.05) is 13.8 Å². The van der Waals surface area contributed by atoms with E-state index in [9.17, 15) is 22.8 Å². The maximum absolute atomic E-state index is 13.4. The molecule has 0 saturated carbocycles. The predicted molar refractivity (Wildman–Crippen MR) is 119 cm³/mol. The number of hydrogen-bond donors (Lipinski definition) is 3. The molecule has 2 amide bonds. The van der Waals surface area contributed by atoms with E-state index in [1.165, 1.54) is 0 Å². The van der Waals surface area contributed by atoms with Gasteiger partial charge in [-0.1, -0.05) is 13.8 Å². The number of nitrogens with one attached hydrogen (secondary N) is 3. The Kier molecular flexibility index (Phi) is 7.39. The summed E-state index contributed by atoms with van der Waals surface area (Å²) in [5.74, 6) is -0.548. The normalized spacial score (nSPS) is 13.8. The third kappa shape index (κ3) is 6.11.